The molecule has 1 N–H and O–H groups in total. The second-order valence-corrected chi connectivity index (χ2v) is 5.02. The van der Waals surface area contributed by atoms with E-state index in [1.165, 1.54) is 0 Å². The van der Waals surface area contributed by atoms with Gasteiger partial charge in [-0.15, -0.1) is 0 Å². The summed E-state index contributed by atoms with van der Waals surface area (Å²) >= 11 is 5.89. The van der Waals surface area contributed by atoms with E-state index < -0.39 is 0 Å². The number of benzene rings is 2. The summed E-state index contributed by atoms with van der Waals surface area (Å²) in [5, 5.41) is 10.1. The van der Waals surface area contributed by atoms with Crippen molar-refractivity contribution in [2.75, 3.05) is 0 Å². The van der Waals surface area contributed by atoms with Crippen LogP contribution in [0.1, 0.15) is 5.56 Å². The minimum absolute atomic E-state index is 0.262. The van der Waals surface area contributed by atoms with Gasteiger partial charge in [0.25, 0.3) is 0 Å². The summed E-state index contributed by atoms with van der Waals surface area (Å²) in [5.74, 6) is 0.262. The number of hydrogen-bond donors (Lipinski definition) is 1. The Bertz CT molecular complexity index is 702. The van der Waals surface area contributed by atoms with Crippen molar-refractivity contribution in [2.24, 2.45) is 0 Å². The molecule has 0 aliphatic carbocycles. The van der Waals surface area contributed by atoms with E-state index in [2.05, 4.69) is 9.55 Å². The molecule has 0 unspecified atom stereocenters. The molecule has 2 aromatic carbocycles. The van der Waals surface area contributed by atoms with Crippen molar-refractivity contribution in [3.8, 4) is 17.0 Å². The summed E-state index contributed by atoms with van der Waals surface area (Å²) in [6, 6.07) is 14.9. The molecular weight excluding hydrogens is 272 g/mol. The van der Waals surface area contributed by atoms with Crippen LogP contribution in [0.25, 0.3) is 11.3 Å². The van der Waals surface area contributed by atoms with E-state index in [0.717, 1.165) is 28.4 Å². The van der Waals surface area contributed by atoms with Gasteiger partial charge in [0.1, 0.15) is 5.75 Å². The fourth-order valence-electron chi connectivity index (χ4n) is 2.11. The number of phenolic OH excluding ortho intramolecular Hbond substituents is 1. The monoisotopic (exact) mass is 284 g/mol. The fraction of sp³-hybridized carbons (Fsp3) is 0.0625. The maximum absolute atomic E-state index is 9.35. The van der Waals surface area contributed by atoms with E-state index in [4.69, 9.17) is 11.6 Å². The van der Waals surface area contributed by atoms with Crippen LogP contribution in [-0.4, -0.2) is 14.7 Å². The Morgan fingerprint density at radius 1 is 1.00 bits per heavy atom. The fourth-order valence-corrected chi connectivity index (χ4v) is 2.23. The molecule has 20 heavy (non-hydrogen) atoms. The molecule has 100 valence electrons. The molecule has 0 amide bonds. The van der Waals surface area contributed by atoms with E-state index >= 15 is 0 Å². The molecule has 0 atom stereocenters. The van der Waals surface area contributed by atoms with Crippen molar-refractivity contribution in [3.63, 3.8) is 0 Å². The largest absolute Gasteiger partial charge is 0.508 e. The highest BCUT2D eigenvalue weighted by Gasteiger charge is 2.05. The van der Waals surface area contributed by atoms with E-state index in [1.807, 2.05) is 42.6 Å². The van der Waals surface area contributed by atoms with Gasteiger partial charge in [-0.3, -0.25) is 0 Å². The van der Waals surface area contributed by atoms with Gasteiger partial charge in [-0.1, -0.05) is 23.7 Å². The summed E-state index contributed by atoms with van der Waals surface area (Å²) in [5.41, 5.74) is 3.20. The first-order valence-electron chi connectivity index (χ1n) is 6.26. The van der Waals surface area contributed by atoms with Crippen molar-refractivity contribution >= 4 is 11.6 Å². The van der Waals surface area contributed by atoms with E-state index in [9.17, 15) is 5.11 Å². The second-order valence-electron chi connectivity index (χ2n) is 4.58. The van der Waals surface area contributed by atoms with Gasteiger partial charge in [-0.2, -0.15) is 0 Å². The Balaban J connectivity index is 1.90. The number of imidazole rings is 1. The summed E-state index contributed by atoms with van der Waals surface area (Å²) in [7, 11) is 0. The first-order chi connectivity index (χ1) is 9.72. The minimum Gasteiger partial charge on any atom is -0.508 e. The van der Waals surface area contributed by atoms with Crippen molar-refractivity contribution in [2.45, 2.75) is 6.54 Å². The van der Waals surface area contributed by atoms with Crippen molar-refractivity contribution in [1.82, 2.24) is 9.55 Å². The first kappa shape index (κ1) is 12.8. The van der Waals surface area contributed by atoms with Gasteiger partial charge in [-0.25, -0.2) is 4.98 Å². The molecule has 3 aromatic rings. The third kappa shape index (κ3) is 2.68. The van der Waals surface area contributed by atoms with E-state index in [-0.39, 0.29) is 5.75 Å². The molecule has 0 saturated heterocycles. The van der Waals surface area contributed by atoms with Crippen molar-refractivity contribution < 1.29 is 5.11 Å². The van der Waals surface area contributed by atoms with Gasteiger partial charge in [0.15, 0.2) is 0 Å². The van der Waals surface area contributed by atoms with Gasteiger partial charge < -0.3 is 9.67 Å². The molecule has 0 aliphatic heterocycles. The minimum atomic E-state index is 0.262. The molecule has 0 radical (unpaired) electrons. The Labute approximate surface area is 122 Å². The molecule has 0 bridgehead atoms. The molecular formula is C16H13ClN2O. The van der Waals surface area contributed by atoms with Crippen LogP contribution in [0.5, 0.6) is 5.75 Å². The first-order valence-corrected chi connectivity index (χ1v) is 6.64. The Morgan fingerprint density at radius 3 is 2.40 bits per heavy atom. The Hall–Kier alpha value is -2.26. The molecule has 1 heterocycles. The zero-order valence-corrected chi connectivity index (χ0v) is 11.5. The second kappa shape index (κ2) is 5.39. The highest BCUT2D eigenvalue weighted by atomic mass is 35.5. The van der Waals surface area contributed by atoms with Gasteiger partial charge in [-0.05, 0) is 42.0 Å². The number of rotatable bonds is 3. The van der Waals surface area contributed by atoms with Crippen LogP contribution in [0.15, 0.2) is 61.1 Å². The van der Waals surface area contributed by atoms with Crippen LogP contribution < -0.4 is 0 Å². The number of aromatic hydroxyl groups is 1. The van der Waals surface area contributed by atoms with Gasteiger partial charge in [0, 0.05) is 17.1 Å². The number of phenols is 1. The zero-order chi connectivity index (χ0) is 13.9. The molecule has 1 aromatic heterocycles. The summed E-state index contributed by atoms with van der Waals surface area (Å²) in [6.07, 6.45) is 3.62. The molecule has 3 rings (SSSR count). The number of aromatic nitrogens is 2. The standard InChI is InChI=1S/C16H13ClN2O/c17-14-5-1-12(2-6-14)10-19-11-18-9-16(19)13-3-7-15(20)8-4-13/h1-9,11,20H,10H2. The predicted molar refractivity (Wildman–Crippen MR) is 79.9 cm³/mol. The lowest BCUT2D eigenvalue weighted by Gasteiger charge is -2.08. The van der Waals surface area contributed by atoms with E-state index in [1.54, 1.807) is 18.5 Å². The van der Waals surface area contributed by atoms with Crippen LogP contribution in [0.2, 0.25) is 5.02 Å². The van der Waals surface area contributed by atoms with Gasteiger partial charge >= 0.3 is 0 Å². The van der Waals surface area contributed by atoms with Crippen molar-refractivity contribution in [1.29, 1.82) is 0 Å². The average molecular weight is 285 g/mol. The number of halogens is 1. The molecule has 0 spiro atoms. The SMILES string of the molecule is Oc1ccc(-c2cncn2Cc2ccc(Cl)cc2)cc1. The number of hydrogen-bond acceptors (Lipinski definition) is 2. The van der Waals surface area contributed by atoms with E-state index in [0.29, 0.717) is 0 Å². The third-order valence-corrected chi connectivity index (χ3v) is 3.39. The van der Waals surface area contributed by atoms with Crippen molar-refractivity contribution in [3.05, 3.63) is 71.6 Å². The lowest BCUT2D eigenvalue weighted by atomic mass is 10.1. The maximum Gasteiger partial charge on any atom is 0.115 e. The molecule has 3 nitrogen and oxygen atoms in total. The lowest BCUT2D eigenvalue weighted by Crippen LogP contribution is -2.00. The lowest BCUT2D eigenvalue weighted by molar-refractivity contribution is 0.475. The Kier molecular flexibility index (Phi) is 3.44. The van der Waals surface area contributed by atoms with Gasteiger partial charge in [0.05, 0.1) is 18.2 Å². The number of nitrogens with zero attached hydrogens (tertiary/aromatic N) is 2. The van der Waals surface area contributed by atoms with Crippen LogP contribution in [-0.2, 0) is 6.54 Å². The highest BCUT2D eigenvalue weighted by Crippen LogP contribution is 2.22. The highest BCUT2D eigenvalue weighted by molar-refractivity contribution is 6.30. The van der Waals surface area contributed by atoms with Crippen LogP contribution in [0, 0.1) is 0 Å². The summed E-state index contributed by atoms with van der Waals surface area (Å²) < 4.78 is 2.07. The summed E-state index contributed by atoms with van der Waals surface area (Å²) in [6.45, 7) is 0.730. The van der Waals surface area contributed by atoms with Crippen LogP contribution in [0.3, 0.4) is 0 Å². The van der Waals surface area contributed by atoms with Crippen LogP contribution in [0.4, 0.5) is 0 Å². The smallest absolute Gasteiger partial charge is 0.115 e. The van der Waals surface area contributed by atoms with Crippen LogP contribution >= 0.6 is 11.6 Å². The molecule has 0 fully saturated rings. The predicted octanol–water partition coefficient (Wildman–Crippen LogP) is 3.96. The third-order valence-electron chi connectivity index (χ3n) is 3.14. The maximum atomic E-state index is 9.35. The molecule has 0 aliphatic rings. The Morgan fingerprint density at radius 2 is 1.70 bits per heavy atom. The molecule has 4 heteroatoms. The molecule has 0 saturated carbocycles. The zero-order valence-electron chi connectivity index (χ0n) is 10.7. The van der Waals surface area contributed by atoms with Gasteiger partial charge in [0.2, 0.25) is 0 Å². The topological polar surface area (TPSA) is 38.1 Å². The summed E-state index contributed by atoms with van der Waals surface area (Å²) in [4.78, 5) is 4.21. The quantitative estimate of drug-likeness (QED) is 0.790. The average Bonchev–Trinajstić information content (AvgIpc) is 2.90. The normalized spacial score (nSPS) is 10.7.